The Morgan fingerprint density at radius 2 is 1.88 bits per heavy atom. The van der Waals surface area contributed by atoms with Crippen LogP contribution in [0.2, 0.25) is 0 Å². The van der Waals surface area contributed by atoms with Crippen LogP contribution in [-0.4, -0.2) is 57.1 Å². The maximum atomic E-state index is 13.8. The minimum Gasteiger partial charge on any atom is -0.497 e. The first-order chi connectivity index (χ1) is 19.6. The van der Waals surface area contributed by atoms with Crippen LogP contribution in [0.5, 0.6) is 5.75 Å². The number of likely N-dealkylation sites (tertiary alicyclic amines) is 1. The van der Waals surface area contributed by atoms with Crippen molar-refractivity contribution in [2.24, 2.45) is 5.92 Å². The zero-order valence-corrected chi connectivity index (χ0v) is 23.2. The topological polar surface area (TPSA) is 96.0 Å². The molecular weight excluding hydrogens is 533 g/mol. The number of nitrogens with one attached hydrogen (secondary N) is 2. The van der Waals surface area contributed by atoms with E-state index in [9.17, 15) is 18.0 Å². The summed E-state index contributed by atoms with van der Waals surface area (Å²) in [5.41, 5.74) is 2.04. The number of alkyl halides is 3. The number of nitrogens with zero attached hydrogens (tertiary/aromatic N) is 4. The van der Waals surface area contributed by atoms with E-state index < -0.39 is 23.6 Å². The number of amides is 1. The fraction of sp³-hybridized carbons (Fsp3) is 0.400. The Morgan fingerprint density at radius 3 is 2.54 bits per heavy atom. The van der Waals surface area contributed by atoms with Gasteiger partial charge in [0, 0.05) is 50.2 Å². The van der Waals surface area contributed by atoms with E-state index >= 15 is 0 Å². The molecule has 0 spiro atoms. The highest BCUT2D eigenvalue weighted by Crippen LogP contribution is 2.44. The van der Waals surface area contributed by atoms with Gasteiger partial charge in [0.2, 0.25) is 11.9 Å². The van der Waals surface area contributed by atoms with Crippen LogP contribution in [0.3, 0.4) is 0 Å². The molecule has 216 valence electrons. The van der Waals surface area contributed by atoms with Gasteiger partial charge in [-0.05, 0) is 42.5 Å². The van der Waals surface area contributed by atoms with Crippen molar-refractivity contribution >= 4 is 11.9 Å². The number of piperidine rings is 1. The van der Waals surface area contributed by atoms with Gasteiger partial charge >= 0.3 is 6.18 Å². The number of halogens is 3. The molecule has 0 saturated carbocycles. The molecular formula is C30H33F3N6O2. The molecule has 3 heterocycles. The third kappa shape index (κ3) is 6.28. The highest BCUT2D eigenvalue weighted by atomic mass is 19.4. The normalized spacial score (nSPS) is 19.7. The fourth-order valence-electron chi connectivity index (χ4n) is 5.49. The first-order valence-electron chi connectivity index (χ1n) is 13.6. The number of H-pyrrole nitrogens is 1. The number of anilines is 1. The van der Waals surface area contributed by atoms with E-state index in [1.807, 2.05) is 24.3 Å². The molecule has 1 aliphatic heterocycles. The molecule has 2 aromatic heterocycles. The zero-order chi connectivity index (χ0) is 29.1. The lowest BCUT2D eigenvalue weighted by atomic mass is 9.80. The Balaban J connectivity index is 1.45. The van der Waals surface area contributed by atoms with E-state index in [-0.39, 0.29) is 11.8 Å². The van der Waals surface area contributed by atoms with Crippen molar-refractivity contribution in [2.45, 2.75) is 51.2 Å². The summed E-state index contributed by atoms with van der Waals surface area (Å²) in [6.45, 7) is 4.84. The molecule has 1 aromatic carbocycles. The predicted octanol–water partition coefficient (Wildman–Crippen LogP) is 5.99. The molecule has 2 N–H and O–H groups in total. The first-order valence-corrected chi connectivity index (χ1v) is 13.6. The number of aromatic amines is 1. The van der Waals surface area contributed by atoms with Gasteiger partial charge < -0.3 is 19.9 Å². The van der Waals surface area contributed by atoms with Crippen LogP contribution < -0.4 is 10.1 Å². The van der Waals surface area contributed by atoms with Crippen LogP contribution in [-0.2, 0) is 11.3 Å². The lowest BCUT2D eigenvalue weighted by molar-refractivity contribution is -0.129. The van der Waals surface area contributed by atoms with Gasteiger partial charge in [-0.15, -0.1) is 0 Å². The van der Waals surface area contributed by atoms with Gasteiger partial charge in [0.15, 0.2) is 0 Å². The number of carbonyl (C=O) groups excluding carboxylic acids is 1. The molecule has 8 nitrogen and oxygen atoms in total. The monoisotopic (exact) mass is 566 g/mol. The number of methoxy groups -OCH3 is 1. The second kappa shape index (κ2) is 11.8. The summed E-state index contributed by atoms with van der Waals surface area (Å²) < 4.78 is 46.7. The van der Waals surface area contributed by atoms with E-state index in [1.54, 1.807) is 44.2 Å². The smallest absolute Gasteiger partial charge is 0.412 e. The average molecular weight is 567 g/mol. The minimum absolute atomic E-state index is 0.0348. The number of aromatic nitrogens is 4. The summed E-state index contributed by atoms with van der Waals surface area (Å²) in [6, 6.07) is 9.34. The molecule has 1 fully saturated rings. The summed E-state index contributed by atoms with van der Waals surface area (Å²) in [6.07, 6.45) is 3.00. The zero-order valence-electron chi connectivity index (χ0n) is 23.2. The van der Waals surface area contributed by atoms with Crippen molar-refractivity contribution < 1.29 is 22.7 Å². The third-order valence-electron chi connectivity index (χ3n) is 7.87. The van der Waals surface area contributed by atoms with E-state index in [2.05, 4.69) is 15.3 Å². The number of carbonyl (C=O) groups is 1. The molecule has 2 aliphatic rings. The Morgan fingerprint density at radius 1 is 1.15 bits per heavy atom. The van der Waals surface area contributed by atoms with Crippen LogP contribution in [0.4, 0.5) is 19.1 Å². The van der Waals surface area contributed by atoms with Gasteiger partial charge in [-0.25, -0.2) is 15.0 Å². The van der Waals surface area contributed by atoms with Crippen LogP contribution in [0, 0.1) is 5.92 Å². The molecule has 2 unspecified atom stereocenters. The first kappa shape index (κ1) is 28.4. The van der Waals surface area contributed by atoms with Gasteiger partial charge in [0.1, 0.15) is 17.3 Å². The standard InChI is InChI=1S/C30H33F3N6O2/c1-18-23(5-4-6-24(18)30(31,32)33)26-27(38-28(37-26)21-12-15-39(16-13-21)19(2)40)25-11-14-34-29(36-25)35-17-20-7-9-22(41-3)10-8-20/h4-11,14,18,21,23H,12-13,15-17H2,1-3H3,(H,37,38)(H,34,35,36). The van der Waals surface area contributed by atoms with Crippen LogP contribution in [0.15, 0.2) is 60.3 Å². The molecule has 1 saturated heterocycles. The van der Waals surface area contributed by atoms with Gasteiger partial charge in [-0.1, -0.05) is 37.3 Å². The maximum Gasteiger partial charge on any atom is 0.412 e. The second-order valence-corrected chi connectivity index (χ2v) is 10.5. The number of ether oxygens (including phenoxy) is 1. The molecule has 0 radical (unpaired) electrons. The summed E-state index contributed by atoms with van der Waals surface area (Å²) >= 11 is 0. The molecule has 5 rings (SSSR count). The molecule has 1 aliphatic carbocycles. The molecule has 1 amide bonds. The van der Waals surface area contributed by atoms with Crippen molar-refractivity contribution in [1.29, 1.82) is 0 Å². The molecule has 2 atom stereocenters. The summed E-state index contributed by atoms with van der Waals surface area (Å²) in [7, 11) is 1.61. The van der Waals surface area contributed by atoms with Crippen molar-refractivity contribution in [2.75, 3.05) is 25.5 Å². The van der Waals surface area contributed by atoms with Crippen molar-refractivity contribution in [3.8, 4) is 17.1 Å². The number of rotatable bonds is 7. The van der Waals surface area contributed by atoms with Gasteiger partial charge in [0.05, 0.1) is 18.5 Å². The van der Waals surface area contributed by atoms with E-state index in [0.29, 0.717) is 61.3 Å². The van der Waals surface area contributed by atoms with Crippen molar-refractivity contribution in [3.63, 3.8) is 0 Å². The van der Waals surface area contributed by atoms with Gasteiger partial charge in [0.25, 0.3) is 0 Å². The second-order valence-electron chi connectivity index (χ2n) is 10.5. The largest absolute Gasteiger partial charge is 0.497 e. The molecule has 41 heavy (non-hydrogen) atoms. The SMILES string of the molecule is COc1ccc(CNc2nccc(-c3nc(C4CCN(C(C)=O)CC4)[nH]c3C3C=CC=C(C(F)(F)F)C3C)n2)cc1. The lowest BCUT2D eigenvalue weighted by Crippen LogP contribution is -2.36. The number of benzene rings is 1. The number of hydrogen-bond acceptors (Lipinski definition) is 6. The Hall–Kier alpha value is -4.15. The van der Waals surface area contributed by atoms with Crippen LogP contribution in [0.1, 0.15) is 55.6 Å². The third-order valence-corrected chi connectivity index (χ3v) is 7.87. The Labute approximate surface area is 236 Å². The van der Waals surface area contributed by atoms with E-state index in [1.165, 1.54) is 6.08 Å². The number of hydrogen-bond donors (Lipinski definition) is 2. The summed E-state index contributed by atoms with van der Waals surface area (Å²) in [4.78, 5) is 31.0. The van der Waals surface area contributed by atoms with Crippen molar-refractivity contribution in [3.05, 3.63) is 77.4 Å². The predicted molar refractivity (Wildman–Crippen MR) is 149 cm³/mol. The van der Waals surface area contributed by atoms with E-state index in [0.717, 1.165) is 17.4 Å². The molecule has 0 bridgehead atoms. The average Bonchev–Trinajstić information content (AvgIpc) is 3.41. The molecule has 11 heteroatoms. The fourth-order valence-corrected chi connectivity index (χ4v) is 5.49. The van der Waals surface area contributed by atoms with Crippen LogP contribution >= 0.6 is 0 Å². The molecule has 3 aromatic rings. The van der Waals surface area contributed by atoms with Gasteiger partial charge in [-0.2, -0.15) is 13.2 Å². The summed E-state index contributed by atoms with van der Waals surface area (Å²) in [5, 5.41) is 3.22. The highest BCUT2D eigenvalue weighted by molar-refractivity contribution is 5.73. The summed E-state index contributed by atoms with van der Waals surface area (Å²) in [5.74, 6) is 0.535. The lowest BCUT2D eigenvalue weighted by Gasteiger charge is -2.30. The Kier molecular flexibility index (Phi) is 8.14. The number of imidazole rings is 1. The number of allylic oxidation sites excluding steroid dienone is 4. The van der Waals surface area contributed by atoms with Crippen molar-refractivity contribution in [1.82, 2.24) is 24.8 Å². The Bertz CT molecular complexity index is 1440. The van der Waals surface area contributed by atoms with Gasteiger partial charge in [-0.3, -0.25) is 4.79 Å². The van der Waals surface area contributed by atoms with E-state index in [4.69, 9.17) is 14.7 Å². The maximum absolute atomic E-state index is 13.8. The quantitative estimate of drug-likeness (QED) is 0.365. The van der Waals surface area contributed by atoms with Crippen LogP contribution in [0.25, 0.3) is 11.4 Å². The highest BCUT2D eigenvalue weighted by Gasteiger charge is 2.41. The minimum atomic E-state index is -4.43.